The second-order valence-corrected chi connectivity index (χ2v) is 5.96. The molecule has 1 aromatic rings. The van der Waals surface area contributed by atoms with Crippen LogP contribution < -0.4 is 0 Å². The van der Waals surface area contributed by atoms with Gasteiger partial charge >= 0.3 is 0 Å². The van der Waals surface area contributed by atoms with Crippen LogP contribution in [0.2, 0.25) is 0 Å². The van der Waals surface area contributed by atoms with Crippen LogP contribution in [0.5, 0.6) is 0 Å². The van der Waals surface area contributed by atoms with Crippen molar-refractivity contribution in [3.05, 3.63) is 24.2 Å². The van der Waals surface area contributed by atoms with Gasteiger partial charge in [-0.1, -0.05) is 13.3 Å². The van der Waals surface area contributed by atoms with E-state index in [0.29, 0.717) is 32.7 Å². The number of ether oxygens (including phenoxy) is 1. The zero-order chi connectivity index (χ0) is 16.5. The first-order valence-electron chi connectivity index (χ1n) is 8.47. The Morgan fingerprint density at radius 2 is 2.35 bits per heavy atom. The monoisotopic (exact) mass is 324 g/mol. The van der Waals surface area contributed by atoms with Gasteiger partial charge in [0.05, 0.1) is 12.8 Å². The van der Waals surface area contributed by atoms with Gasteiger partial charge in [0.1, 0.15) is 12.4 Å². The Balaban J connectivity index is 1.83. The minimum Gasteiger partial charge on any atom is -0.468 e. The van der Waals surface area contributed by atoms with Crippen LogP contribution in [-0.4, -0.2) is 66.3 Å². The second-order valence-electron chi connectivity index (χ2n) is 5.96. The number of carbonyl (C=O) groups is 1. The lowest BCUT2D eigenvalue weighted by atomic mass is 10.1. The molecule has 6 heteroatoms. The molecule has 1 fully saturated rings. The van der Waals surface area contributed by atoms with Crippen LogP contribution in [-0.2, 0) is 16.1 Å². The van der Waals surface area contributed by atoms with Crippen LogP contribution >= 0.6 is 0 Å². The molecule has 1 atom stereocenters. The van der Waals surface area contributed by atoms with E-state index in [1.807, 2.05) is 17.0 Å². The number of rotatable bonds is 9. The number of hydrogen-bond donors (Lipinski definition) is 1. The summed E-state index contributed by atoms with van der Waals surface area (Å²) >= 11 is 0. The van der Waals surface area contributed by atoms with Gasteiger partial charge in [-0.25, -0.2) is 0 Å². The first-order chi connectivity index (χ1) is 11.2. The van der Waals surface area contributed by atoms with Crippen molar-refractivity contribution in [1.29, 1.82) is 0 Å². The van der Waals surface area contributed by atoms with Gasteiger partial charge in [-0.05, 0) is 25.0 Å². The van der Waals surface area contributed by atoms with E-state index >= 15 is 0 Å². The zero-order valence-electron chi connectivity index (χ0n) is 13.9. The van der Waals surface area contributed by atoms with E-state index in [-0.39, 0.29) is 25.2 Å². The number of nitrogens with zero attached hydrogens (tertiary/aromatic N) is 2. The maximum atomic E-state index is 12.2. The van der Waals surface area contributed by atoms with E-state index in [1.54, 1.807) is 6.26 Å². The van der Waals surface area contributed by atoms with Crippen molar-refractivity contribution in [3.8, 4) is 0 Å². The number of aliphatic hydroxyl groups excluding tert-OH is 1. The van der Waals surface area contributed by atoms with Crippen molar-refractivity contribution in [2.75, 3.05) is 39.5 Å². The van der Waals surface area contributed by atoms with Gasteiger partial charge in [-0.2, -0.15) is 0 Å². The molecule has 1 aliphatic rings. The van der Waals surface area contributed by atoms with E-state index in [0.717, 1.165) is 25.1 Å². The zero-order valence-corrected chi connectivity index (χ0v) is 13.9. The van der Waals surface area contributed by atoms with Crippen molar-refractivity contribution in [2.24, 2.45) is 0 Å². The Hall–Kier alpha value is -1.37. The van der Waals surface area contributed by atoms with E-state index in [9.17, 15) is 9.90 Å². The Morgan fingerprint density at radius 3 is 3.04 bits per heavy atom. The van der Waals surface area contributed by atoms with Crippen LogP contribution in [0, 0.1) is 0 Å². The quantitative estimate of drug-likeness (QED) is 0.697. The number of amides is 1. The lowest BCUT2D eigenvalue weighted by Crippen LogP contribution is -2.55. The fourth-order valence-electron chi connectivity index (χ4n) is 2.85. The molecule has 0 unspecified atom stereocenters. The highest BCUT2D eigenvalue weighted by Gasteiger charge is 2.29. The van der Waals surface area contributed by atoms with Crippen LogP contribution in [0.1, 0.15) is 31.9 Å². The summed E-state index contributed by atoms with van der Waals surface area (Å²) in [6, 6.07) is 3.98. The van der Waals surface area contributed by atoms with Crippen LogP contribution in [0.3, 0.4) is 0 Å². The maximum absolute atomic E-state index is 12.2. The van der Waals surface area contributed by atoms with Gasteiger partial charge in [0.2, 0.25) is 5.91 Å². The van der Waals surface area contributed by atoms with Gasteiger partial charge in [0.15, 0.2) is 0 Å². The standard InChI is InChI=1S/C17H28N2O4/c1-2-3-10-22-14-17(21)19-8-7-18(15(12-19)6-9-20)13-16-5-4-11-23-16/h4-5,11,15,20H,2-3,6-10,12-14H2,1H3/t15-/m0/s1. The van der Waals surface area contributed by atoms with Gasteiger partial charge in [0.25, 0.3) is 0 Å². The summed E-state index contributed by atoms with van der Waals surface area (Å²) < 4.78 is 10.8. The average molecular weight is 324 g/mol. The topological polar surface area (TPSA) is 66.2 Å². The number of piperazine rings is 1. The summed E-state index contributed by atoms with van der Waals surface area (Å²) in [4.78, 5) is 16.4. The molecule has 0 saturated carbocycles. The van der Waals surface area contributed by atoms with Crippen molar-refractivity contribution < 1.29 is 19.1 Å². The number of aliphatic hydroxyl groups is 1. The van der Waals surface area contributed by atoms with E-state index < -0.39 is 0 Å². The fraction of sp³-hybridized carbons (Fsp3) is 0.706. The summed E-state index contributed by atoms with van der Waals surface area (Å²) in [5.41, 5.74) is 0. The predicted octanol–water partition coefficient (Wildman–Crippen LogP) is 1.49. The third kappa shape index (κ3) is 5.64. The third-order valence-electron chi connectivity index (χ3n) is 4.23. The highest BCUT2D eigenvalue weighted by Crippen LogP contribution is 2.17. The summed E-state index contributed by atoms with van der Waals surface area (Å²) in [5, 5.41) is 9.31. The molecule has 1 N–H and O–H groups in total. The molecule has 0 radical (unpaired) electrons. The molecule has 0 spiro atoms. The number of carbonyl (C=O) groups excluding carboxylic acids is 1. The normalized spacial score (nSPS) is 19.2. The Kier molecular flexibility index (Phi) is 7.58. The molecule has 130 valence electrons. The van der Waals surface area contributed by atoms with Crippen LogP contribution in [0.4, 0.5) is 0 Å². The highest BCUT2D eigenvalue weighted by atomic mass is 16.5. The minimum atomic E-state index is 0.0432. The molecule has 0 aromatic carbocycles. The van der Waals surface area contributed by atoms with Crippen molar-refractivity contribution in [2.45, 2.75) is 38.8 Å². The molecular weight excluding hydrogens is 296 g/mol. The third-order valence-corrected chi connectivity index (χ3v) is 4.23. The predicted molar refractivity (Wildman–Crippen MR) is 86.9 cm³/mol. The van der Waals surface area contributed by atoms with Gasteiger partial charge in [-0.3, -0.25) is 9.69 Å². The molecule has 0 aliphatic carbocycles. The Labute approximate surface area is 138 Å². The van der Waals surface area contributed by atoms with Gasteiger partial charge < -0.3 is 19.2 Å². The molecular formula is C17H28N2O4. The molecule has 6 nitrogen and oxygen atoms in total. The average Bonchev–Trinajstić information content (AvgIpc) is 3.06. The summed E-state index contributed by atoms with van der Waals surface area (Å²) in [5.74, 6) is 0.956. The molecule has 0 bridgehead atoms. The van der Waals surface area contributed by atoms with Gasteiger partial charge in [0, 0.05) is 38.9 Å². The number of hydrogen-bond acceptors (Lipinski definition) is 5. The van der Waals surface area contributed by atoms with E-state index in [2.05, 4.69) is 11.8 Å². The van der Waals surface area contributed by atoms with Crippen LogP contribution in [0.15, 0.2) is 22.8 Å². The fourth-order valence-corrected chi connectivity index (χ4v) is 2.85. The first kappa shape index (κ1) is 18.0. The summed E-state index contributed by atoms with van der Waals surface area (Å²) in [6.07, 6.45) is 4.38. The first-order valence-corrected chi connectivity index (χ1v) is 8.47. The lowest BCUT2D eigenvalue weighted by Gasteiger charge is -2.41. The number of unbranched alkanes of at least 4 members (excludes halogenated alkanes) is 1. The lowest BCUT2D eigenvalue weighted by molar-refractivity contribution is -0.139. The Morgan fingerprint density at radius 1 is 1.48 bits per heavy atom. The smallest absolute Gasteiger partial charge is 0.248 e. The molecule has 1 saturated heterocycles. The molecule has 1 aromatic heterocycles. The molecule has 2 rings (SSSR count). The van der Waals surface area contributed by atoms with E-state index in [4.69, 9.17) is 9.15 Å². The molecule has 2 heterocycles. The SMILES string of the molecule is CCCCOCC(=O)N1CCN(Cc2ccco2)[C@@H](CCO)C1. The summed E-state index contributed by atoms with van der Waals surface area (Å²) in [6.45, 7) is 5.84. The highest BCUT2D eigenvalue weighted by molar-refractivity contribution is 5.77. The molecule has 1 aliphatic heterocycles. The number of furan rings is 1. The van der Waals surface area contributed by atoms with Gasteiger partial charge in [-0.15, -0.1) is 0 Å². The second kappa shape index (κ2) is 9.70. The van der Waals surface area contributed by atoms with Crippen molar-refractivity contribution >= 4 is 5.91 Å². The summed E-state index contributed by atoms with van der Waals surface area (Å²) in [7, 11) is 0. The maximum Gasteiger partial charge on any atom is 0.248 e. The largest absolute Gasteiger partial charge is 0.468 e. The Bertz CT molecular complexity index is 449. The van der Waals surface area contributed by atoms with Crippen LogP contribution in [0.25, 0.3) is 0 Å². The van der Waals surface area contributed by atoms with E-state index in [1.165, 1.54) is 0 Å². The van der Waals surface area contributed by atoms with Crippen molar-refractivity contribution in [3.63, 3.8) is 0 Å². The van der Waals surface area contributed by atoms with Crippen molar-refractivity contribution in [1.82, 2.24) is 9.80 Å². The molecule has 1 amide bonds. The molecule has 23 heavy (non-hydrogen) atoms. The minimum absolute atomic E-state index is 0.0432.